The molecule has 4 nitrogen and oxygen atoms in total. The van der Waals surface area contributed by atoms with E-state index in [4.69, 9.17) is 4.74 Å². The molecule has 1 aromatic rings. The maximum absolute atomic E-state index is 11.1. The standard InChI is InChI=1S/C13H18O4/c1-3-5-6-10-11(14)7-9(8-12(10)15)17-13(16)4-2/h7-8,14-15H,3-6H2,1-2H3. The van der Waals surface area contributed by atoms with Gasteiger partial charge in [-0.25, -0.2) is 0 Å². The molecule has 0 aliphatic heterocycles. The highest BCUT2D eigenvalue weighted by Gasteiger charge is 2.11. The van der Waals surface area contributed by atoms with Crippen LogP contribution in [0.25, 0.3) is 0 Å². The lowest BCUT2D eigenvalue weighted by Crippen LogP contribution is -2.05. The number of rotatable bonds is 5. The molecule has 0 aliphatic carbocycles. The van der Waals surface area contributed by atoms with Crippen molar-refractivity contribution in [2.45, 2.75) is 39.5 Å². The van der Waals surface area contributed by atoms with Gasteiger partial charge in [0.1, 0.15) is 17.2 Å². The number of ether oxygens (including phenoxy) is 1. The average Bonchev–Trinajstić information content (AvgIpc) is 2.28. The van der Waals surface area contributed by atoms with Gasteiger partial charge in [-0.3, -0.25) is 4.79 Å². The fraction of sp³-hybridized carbons (Fsp3) is 0.462. The van der Waals surface area contributed by atoms with Crippen molar-refractivity contribution in [1.82, 2.24) is 0 Å². The van der Waals surface area contributed by atoms with Crippen LogP contribution in [0, 0.1) is 0 Å². The normalized spacial score (nSPS) is 10.2. The van der Waals surface area contributed by atoms with Crippen molar-refractivity contribution in [3.05, 3.63) is 17.7 Å². The van der Waals surface area contributed by atoms with Crippen molar-refractivity contribution < 1.29 is 19.7 Å². The van der Waals surface area contributed by atoms with Crippen molar-refractivity contribution >= 4 is 5.97 Å². The number of hydrogen-bond donors (Lipinski definition) is 2. The van der Waals surface area contributed by atoms with E-state index in [1.165, 1.54) is 12.1 Å². The first kappa shape index (κ1) is 13.4. The number of benzene rings is 1. The van der Waals surface area contributed by atoms with Crippen LogP contribution in [0.2, 0.25) is 0 Å². The van der Waals surface area contributed by atoms with Gasteiger partial charge in [-0.1, -0.05) is 20.3 Å². The third-order valence-electron chi connectivity index (χ3n) is 2.48. The van der Waals surface area contributed by atoms with E-state index in [1.807, 2.05) is 6.92 Å². The fourth-order valence-corrected chi connectivity index (χ4v) is 1.49. The molecule has 0 fully saturated rings. The summed E-state index contributed by atoms with van der Waals surface area (Å²) in [5, 5.41) is 19.5. The van der Waals surface area contributed by atoms with Crippen LogP contribution in [-0.2, 0) is 11.2 Å². The van der Waals surface area contributed by atoms with Gasteiger partial charge in [0.25, 0.3) is 0 Å². The largest absolute Gasteiger partial charge is 0.507 e. The van der Waals surface area contributed by atoms with Crippen LogP contribution in [0.4, 0.5) is 0 Å². The van der Waals surface area contributed by atoms with E-state index in [1.54, 1.807) is 6.92 Å². The maximum atomic E-state index is 11.1. The molecule has 0 unspecified atom stereocenters. The van der Waals surface area contributed by atoms with Crippen LogP contribution in [0.1, 0.15) is 38.7 Å². The molecule has 0 aliphatic rings. The Morgan fingerprint density at radius 1 is 1.24 bits per heavy atom. The molecule has 0 atom stereocenters. The number of carbonyl (C=O) groups excluding carboxylic acids is 1. The highest BCUT2D eigenvalue weighted by molar-refractivity contribution is 5.72. The van der Waals surface area contributed by atoms with Gasteiger partial charge in [0.2, 0.25) is 0 Å². The second-order valence-corrected chi connectivity index (χ2v) is 3.87. The molecule has 1 rings (SSSR count). The SMILES string of the molecule is CCCCc1c(O)cc(OC(=O)CC)cc1O. The smallest absolute Gasteiger partial charge is 0.310 e. The Balaban J connectivity index is 2.88. The summed E-state index contributed by atoms with van der Waals surface area (Å²) in [6.45, 7) is 3.71. The maximum Gasteiger partial charge on any atom is 0.310 e. The van der Waals surface area contributed by atoms with Crippen molar-refractivity contribution in [1.29, 1.82) is 0 Å². The third-order valence-corrected chi connectivity index (χ3v) is 2.48. The molecule has 0 bridgehead atoms. The number of aromatic hydroxyl groups is 2. The summed E-state index contributed by atoms with van der Waals surface area (Å²) in [5.41, 5.74) is 0.503. The lowest BCUT2D eigenvalue weighted by atomic mass is 10.1. The van der Waals surface area contributed by atoms with Crippen LogP contribution in [0.5, 0.6) is 17.2 Å². The predicted molar refractivity (Wildman–Crippen MR) is 64.3 cm³/mol. The molecule has 0 saturated heterocycles. The second kappa shape index (κ2) is 6.13. The Morgan fingerprint density at radius 3 is 2.29 bits per heavy atom. The zero-order chi connectivity index (χ0) is 12.8. The van der Waals surface area contributed by atoms with E-state index >= 15 is 0 Å². The highest BCUT2D eigenvalue weighted by atomic mass is 16.5. The van der Waals surface area contributed by atoms with Gasteiger partial charge in [0, 0.05) is 24.1 Å². The minimum absolute atomic E-state index is 0.0302. The molecule has 94 valence electrons. The lowest BCUT2D eigenvalue weighted by Gasteiger charge is -2.09. The van der Waals surface area contributed by atoms with Crippen LogP contribution in [0.3, 0.4) is 0 Å². The minimum atomic E-state index is -0.398. The Labute approximate surface area is 101 Å². The molecule has 0 radical (unpaired) electrons. The Hall–Kier alpha value is -1.71. The summed E-state index contributed by atoms with van der Waals surface area (Å²) in [6.07, 6.45) is 2.72. The van der Waals surface area contributed by atoms with Gasteiger partial charge >= 0.3 is 5.97 Å². The van der Waals surface area contributed by atoms with Crippen LogP contribution in [-0.4, -0.2) is 16.2 Å². The number of unbranched alkanes of at least 4 members (excludes halogenated alkanes) is 1. The summed E-state index contributed by atoms with van der Waals surface area (Å²) < 4.78 is 4.93. The third kappa shape index (κ3) is 3.66. The number of phenols is 2. The molecule has 0 heterocycles. The van der Waals surface area contributed by atoms with Gasteiger partial charge < -0.3 is 14.9 Å². The van der Waals surface area contributed by atoms with Crippen LogP contribution < -0.4 is 4.74 Å². The topological polar surface area (TPSA) is 66.8 Å². The molecular formula is C13H18O4. The molecule has 1 aromatic carbocycles. The van der Waals surface area contributed by atoms with Gasteiger partial charge in [0.15, 0.2) is 0 Å². The monoisotopic (exact) mass is 238 g/mol. The Morgan fingerprint density at radius 2 is 1.82 bits per heavy atom. The van der Waals surface area contributed by atoms with Crippen molar-refractivity contribution in [3.63, 3.8) is 0 Å². The number of esters is 1. The zero-order valence-electron chi connectivity index (χ0n) is 10.2. The van der Waals surface area contributed by atoms with Gasteiger partial charge in [-0.05, 0) is 12.8 Å². The minimum Gasteiger partial charge on any atom is -0.507 e. The first-order chi connectivity index (χ1) is 8.08. The van der Waals surface area contributed by atoms with Crippen molar-refractivity contribution in [2.24, 2.45) is 0 Å². The number of phenolic OH excluding ortho intramolecular Hbond substituents is 2. The zero-order valence-corrected chi connectivity index (χ0v) is 10.2. The molecular weight excluding hydrogens is 220 g/mol. The number of hydrogen-bond acceptors (Lipinski definition) is 4. The van der Waals surface area contributed by atoms with E-state index in [9.17, 15) is 15.0 Å². The quantitative estimate of drug-likeness (QED) is 0.611. The first-order valence-corrected chi connectivity index (χ1v) is 5.84. The molecule has 17 heavy (non-hydrogen) atoms. The van der Waals surface area contributed by atoms with E-state index in [-0.39, 0.29) is 23.7 Å². The Kier molecular flexibility index (Phi) is 4.82. The summed E-state index contributed by atoms with van der Waals surface area (Å²) in [5.74, 6) is -0.285. The number of carbonyl (C=O) groups is 1. The fourth-order valence-electron chi connectivity index (χ4n) is 1.49. The van der Waals surface area contributed by atoms with E-state index in [0.29, 0.717) is 12.0 Å². The van der Waals surface area contributed by atoms with Crippen molar-refractivity contribution in [3.8, 4) is 17.2 Å². The highest BCUT2D eigenvalue weighted by Crippen LogP contribution is 2.33. The lowest BCUT2D eigenvalue weighted by molar-refractivity contribution is -0.134. The molecule has 0 saturated carbocycles. The van der Waals surface area contributed by atoms with E-state index in [2.05, 4.69) is 0 Å². The summed E-state index contributed by atoms with van der Waals surface area (Å²) >= 11 is 0. The molecule has 0 amide bonds. The summed E-state index contributed by atoms with van der Waals surface area (Å²) in [4.78, 5) is 11.1. The first-order valence-electron chi connectivity index (χ1n) is 5.84. The Bertz CT molecular complexity index is 375. The van der Waals surface area contributed by atoms with Crippen LogP contribution in [0.15, 0.2) is 12.1 Å². The van der Waals surface area contributed by atoms with Gasteiger partial charge in [0.05, 0.1) is 0 Å². The molecule has 0 spiro atoms. The van der Waals surface area contributed by atoms with Crippen molar-refractivity contribution in [2.75, 3.05) is 0 Å². The van der Waals surface area contributed by atoms with E-state index < -0.39 is 5.97 Å². The second-order valence-electron chi connectivity index (χ2n) is 3.87. The molecule has 4 heteroatoms. The predicted octanol–water partition coefficient (Wildman–Crippen LogP) is 2.76. The molecule has 2 N–H and O–H groups in total. The summed E-state index contributed by atoms with van der Waals surface area (Å²) in [7, 11) is 0. The average molecular weight is 238 g/mol. The van der Waals surface area contributed by atoms with E-state index in [0.717, 1.165) is 12.8 Å². The summed E-state index contributed by atoms with van der Waals surface area (Å²) in [6, 6.07) is 2.72. The van der Waals surface area contributed by atoms with Gasteiger partial charge in [-0.2, -0.15) is 0 Å². The van der Waals surface area contributed by atoms with Gasteiger partial charge in [-0.15, -0.1) is 0 Å². The molecule has 0 aromatic heterocycles. The van der Waals surface area contributed by atoms with Crippen LogP contribution >= 0.6 is 0 Å².